The second-order valence-corrected chi connectivity index (χ2v) is 7.83. The van der Waals surface area contributed by atoms with Crippen molar-refractivity contribution in [1.82, 2.24) is 9.80 Å². The number of halogens is 4. The quantitative estimate of drug-likeness (QED) is 0.624. The Hall–Kier alpha value is -1.81. The van der Waals surface area contributed by atoms with Gasteiger partial charge in [0.2, 0.25) is 0 Å². The topological polar surface area (TPSA) is 40.9 Å². The Morgan fingerprint density at radius 1 is 1.23 bits per heavy atom. The molecule has 30 heavy (non-hydrogen) atoms. The lowest BCUT2D eigenvalue weighted by atomic mass is 10.1. The Kier molecular flexibility index (Phi) is 7.62. The van der Waals surface area contributed by atoms with Gasteiger partial charge in [-0.1, -0.05) is 11.6 Å². The SMILES string of the molecule is Cc1ccc(CN(CCN2CCOCC2)C(=S)Nc2cc(Cl)ccc2C(F)(F)F)o1. The molecule has 5 nitrogen and oxygen atoms in total. The number of aryl methyl sites for hydroxylation is 1. The summed E-state index contributed by atoms with van der Waals surface area (Å²) in [5.41, 5.74) is -0.997. The Balaban J connectivity index is 1.76. The third-order valence-corrected chi connectivity index (χ3v) is 5.34. The summed E-state index contributed by atoms with van der Waals surface area (Å²) in [6, 6.07) is 7.06. The van der Waals surface area contributed by atoms with Crippen LogP contribution in [0.3, 0.4) is 0 Å². The van der Waals surface area contributed by atoms with Gasteiger partial charge in [0.15, 0.2) is 5.11 Å². The molecule has 1 aliphatic rings. The Bertz CT molecular complexity index is 869. The van der Waals surface area contributed by atoms with Crippen molar-refractivity contribution >= 4 is 34.6 Å². The van der Waals surface area contributed by atoms with Gasteiger partial charge in [0.25, 0.3) is 0 Å². The van der Waals surface area contributed by atoms with Crippen LogP contribution in [0.1, 0.15) is 17.1 Å². The summed E-state index contributed by atoms with van der Waals surface area (Å²) < 4.78 is 51.2. The van der Waals surface area contributed by atoms with Crippen LogP contribution in [-0.4, -0.2) is 54.3 Å². The van der Waals surface area contributed by atoms with E-state index in [1.807, 2.05) is 19.1 Å². The van der Waals surface area contributed by atoms with Crippen LogP contribution in [0.5, 0.6) is 0 Å². The van der Waals surface area contributed by atoms with Gasteiger partial charge in [-0.25, -0.2) is 0 Å². The molecule has 1 saturated heterocycles. The number of ether oxygens (including phenoxy) is 1. The third kappa shape index (κ3) is 6.34. The van der Waals surface area contributed by atoms with E-state index in [1.54, 1.807) is 4.90 Å². The summed E-state index contributed by atoms with van der Waals surface area (Å²) in [5, 5.41) is 3.10. The average molecular weight is 462 g/mol. The fourth-order valence-electron chi connectivity index (χ4n) is 3.16. The molecule has 2 heterocycles. The molecule has 0 spiro atoms. The van der Waals surface area contributed by atoms with Gasteiger partial charge < -0.3 is 19.4 Å². The number of alkyl halides is 3. The van der Waals surface area contributed by atoms with Crippen molar-refractivity contribution in [2.75, 3.05) is 44.7 Å². The number of furan rings is 1. The average Bonchev–Trinajstić information content (AvgIpc) is 3.09. The number of anilines is 1. The lowest BCUT2D eigenvalue weighted by Crippen LogP contribution is -2.44. The Morgan fingerprint density at radius 3 is 2.60 bits per heavy atom. The molecular weight excluding hydrogens is 439 g/mol. The van der Waals surface area contributed by atoms with E-state index in [4.69, 9.17) is 33.0 Å². The lowest BCUT2D eigenvalue weighted by Gasteiger charge is -2.31. The second-order valence-electron chi connectivity index (χ2n) is 7.01. The van der Waals surface area contributed by atoms with Crippen molar-refractivity contribution in [3.63, 3.8) is 0 Å². The van der Waals surface area contributed by atoms with Crippen LogP contribution in [0.4, 0.5) is 18.9 Å². The molecule has 0 bridgehead atoms. The molecule has 10 heteroatoms. The van der Waals surface area contributed by atoms with Crippen molar-refractivity contribution in [3.05, 3.63) is 52.4 Å². The molecule has 1 fully saturated rings. The largest absolute Gasteiger partial charge is 0.464 e. The molecule has 0 saturated carbocycles. The zero-order valence-electron chi connectivity index (χ0n) is 16.5. The summed E-state index contributed by atoms with van der Waals surface area (Å²) in [6.45, 7) is 6.33. The van der Waals surface area contributed by atoms with Crippen molar-refractivity contribution < 1.29 is 22.3 Å². The number of rotatable bonds is 6. The van der Waals surface area contributed by atoms with E-state index in [9.17, 15) is 13.2 Å². The van der Waals surface area contributed by atoms with Crippen LogP contribution in [-0.2, 0) is 17.5 Å². The molecule has 1 aliphatic heterocycles. The van der Waals surface area contributed by atoms with Crippen LogP contribution in [0.15, 0.2) is 34.7 Å². The maximum Gasteiger partial charge on any atom is 0.418 e. The van der Waals surface area contributed by atoms with E-state index in [0.29, 0.717) is 38.6 Å². The number of nitrogens with one attached hydrogen (secondary N) is 1. The summed E-state index contributed by atoms with van der Waals surface area (Å²) in [6.07, 6.45) is -4.53. The van der Waals surface area contributed by atoms with Crippen molar-refractivity contribution in [2.24, 2.45) is 0 Å². The second kappa shape index (κ2) is 10.00. The van der Waals surface area contributed by atoms with Gasteiger partial charge in [0.05, 0.1) is 31.0 Å². The van der Waals surface area contributed by atoms with Crippen molar-refractivity contribution in [2.45, 2.75) is 19.6 Å². The first-order valence-corrected chi connectivity index (χ1v) is 10.3. The highest BCUT2D eigenvalue weighted by Gasteiger charge is 2.34. The molecule has 164 valence electrons. The number of benzene rings is 1. The molecule has 3 rings (SSSR count). The standard InChI is InChI=1S/C20H23ClF3N3O2S/c1-14-2-4-16(29-14)13-27(7-6-26-8-10-28-11-9-26)19(30)25-18-12-15(21)3-5-17(18)20(22,23)24/h2-5,12H,6-11,13H2,1H3,(H,25,30). The molecule has 1 aromatic heterocycles. The molecule has 2 aromatic rings. The number of nitrogens with zero attached hydrogens (tertiary/aromatic N) is 2. The van der Waals surface area contributed by atoms with Crippen LogP contribution in [0.25, 0.3) is 0 Å². The maximum atomic E-state index is 13.4. The highest BCUT2D eigenvalue weighted by molar-refractivity contribution is 7.80. The van der Waals surface area contributed by atoms with Gasteiger partial charge in [-0.15, -0.1) is 0 Å². The minimum Gasteiger partial charge on any atom is -0.464 e. The molecule has 0 amide bonds. The number of hydrogen-bond acceptors (Lipinski definition) is 4. The summed E-state index contributed by atoms with van der Waals surface area (Å²) >= 11 is 11.4. The van der Waals surface area contributed by atoms with E-state index in [-0.39, 0.29) is 15.8 Å². The van der Waals surface area contributed by atoms with E-state index in [2.05, 4.69) is 10.2 Å². The molecule has 0 atom stereocenters. The van der Waals surface area contributed by atoms with Crippen LogP contribution < -0.4 is 5.32 Å². The molecule has 0 aliphatic carbocycles. The fraction of sp³-hybridized carbons (Fsp3) is 0.450. The normalized spacial score (nSPS) is 15.2. The Labute approximate surface area is 183 Å². The van der Waals surface area contributed by atoms with Gasteiger partial charge >= 0.3 is 6.18 Å². The fourth-order valence-corrected chi connectivity index (χ4v) is 3.60. The minimum absolute atomic E-state index is 0.171. The van der Waals surface area contributed by atoms with Crippen molar-refractivity contribution in [1.29, 1.82) is 0 Å². The first kappa shape index (κ1) is 22.9. The maximum absolute atomic E-state index is 13.4. The predicted octanol–water partition coefficient (Wildman–Crippen LogP) is 4.79. The minimum atomic E-state index is -4.53. The lowest BCUT2D eigenvalue weighted by molar-refractivity contribution is -0.136. The van der Waals surface area contributed by atoms with E-state index in [1.165, 1.54) is 12.1 Å². The number of morpholine rings is 1. The highest BCUT2D eigenvalue weighted by atomic mass is 35.5. The van der Waals surface area contributed by atoms with Crippen LogP contribution in [0.2, 0.25) is 5.02 Å². The van der Waals surface area contributed by atoms with Crippen molar-refractivity contribution in [3.8, 4) is 0 Å². The summed E-state index contributed by atoms with van der Waals surface area (Å²) in [5.74, 6) is 1.44. The van der Waals surface area contributed by atoms with E-state index < -0.39 is 11.7 Å². The van der Waals surface area contributed by atoms with Gasteiger partial charge in [-0.3, -0.25) is 4.90 Å². The highest BCUT2D eigenvalue weighted by Crippen LogP contribution is 2.36. The zero-order valence-corrected chi connectivity index (χ0v) is 18.0. The van der Waals surface area contributed by atoms with E-state index >= 15 is 0 Å². The number of hydrogen-bond donors (Lipinski definition) is 1. The third-order valence-electron chi connectivity index (χ3n) is 4.75. The number of thiocarbonyl (C=S) groups is 1. The van der Waals surface area contributed by atoms with Gasteiger partial charge in [-0.05, 0) is 49.5 Å². The molecular formula is C20H23ClF3N3O2S. The first-order valence-electron chi connectivity index (χ1n) is 9.50. The van der Waals surface area contributed by atoms with Gasteiger partial charge in [0, 0.05) is 31.2 Å². The molecule has 0 unspecified atom stereocenters. The zero-order chi connectivity index (χ0) is 21.7. The van der Waals surface area contributed by atoms with Crippen LogP contribution in [0, 0.1) is 6.92 Å². The predicted molar refractivity (Wildman–Crippen MR) is 114 cm³/mol. The molecule has 1 N–H and O–H groups in total. The van der Waals surface area contributed by atoms with Gasteiger partial charge in [0.1, 0.15) is 11.5 Å². The first-order chi connectivity index (χ1) is 14.2. The monoisotopic (exact) mass is 461 g/mol. The van der Waals surface area contributed by atoms with Gasteiger partial charge in [-0.2, -0.15) is 13.2 Å². The van der Waals surface area contributed by atoms with E-state index in [0.717, 1.165) is 24.9 Å². The summed E-state index contributed by atoms with van der Waals surface area (Å²) in [7, 11) is 0. The molecule has 0 radical (unpaired) electrons. The van der Waals surface area contributed by atoms with Crippen LogP contribution >= 0.6 is 23.8 Å². The smallest absolute Gasteiger partial charge is 0.418 e. The molecule has 1 aromatic carbocycles. The Morgan fingerprint density at radius 2 is 1.97 bits per heavy atom. The summed E-state index contributed by atoms with van der Waals surface area (Å²) in [4.78, 5) is 4.02.